The monoisotopic (exact) mass is 228 g/mol. The Morgan fingerprint density at radius 3 is 2.00 bits per heavy atom. The highest BCUT2D eigenvalue weighted by atomic mass is 16.5. The third-order valence-electron chi connectivity index (χ3n) is 4.13. The van der Waals surface area contributed by atoms with Gasteiger partial charge in [-0.3, -0.25) is 0 Å². The van der Waals surface area contributed by atoms with E-state index in [1.54, 1.807) is 0 Å². The standard InChI is InChI=1S/C14H28O2/c1-11(2)13(9-15-3)14(10-16-4)12-7-5-6-8-12/h11-14H,5-10H2,1-4H3. The van der Waals surface area contributed by atoms with Crippen LogP contribution in [0.25, 0.3) is 0 Å². The lowest BCUT2D eigenvalue weighted by Gasteiger charge is -2.33. The summed E-state index contributed by atoms with van der Waals surface area (Å²) in [6, 6.07) is 0. The molecule has 1 saturated carbocycles. The van der Waals surface area contributed by atoms with Gasteiger partial charge in [0.15, 0.2) is 0 Å². The van der Waals surface area contributed by atoms with Crippen LogP contribution in [0.15, 0.2) is 0 Å². The SMILES string of the molecule is COCC(C(C)C)C(COC)C1CCCC1. The van der Waals surface area contributed by atoms with Crippen molar-refractivity contribution in [3.63, 3.8) is 0 Å². The van der Waals surface area contributed by atoms with Crippen molar-refractivity contribution in [2.24, 2.45) is 23.7 Å². The van der Waals surface area contributed by atoms with E-state index in [0.29, 0.717) is 17.8 Å². The lowest BCUT2D eigenvalue weighted by atomic mass is 9.76. The Bertz CT molecular complexity index is 174. The van der Waals surface area contributed by atoms with Gasteiger partial charge in [-0.1, -0.05) is 39.5 Å². The summed E-state index contributed by atoms with van der Waals surface area (Å²) in [6.45, 7) is 6.39. The van der Waals surface area contributed by atoms with Crippen molar-refractivity contribution in [1.82, 2.24) is 0 Å². The maximum atomic E-state index is 5.44. The molecule has 96 valence electrons. The van der Waals surface area contributed by atoms with Gasteiger partial charge in [0.1, 0.15) is 0 Å². The molecule has 0 aromatic rings. The van der Waals surface area contributed by atoms with E-state index >= 15 is 0 Å². The average Bonchev–Trinajstić information content (AvgIpc) is 2.76. The molecule has 0 aromatic carbocycles. The van der Waals surface area contributed by atoms with Crippen molar-refractivity contribution in [2.75, 3.05) is 27.4 Å². The minimum Gasteiger partial charge on any atom is -0.384 e. The van der Waals surface area contributed by atoms with E-state index in [9.17, 15) is 0 Å². The fourth-order valence-corrected chi connectivity index (χ4v) is 3.19. The quantitative estimate of drug-likeness (QED) is 0.665. The third-order valence-corrected chi connectivity index (χ3v) is 4.13. The molecule has 1 fully saturated rings. The summed E-state index contributed by atoms with van der Waals surface area (Å²) < 4.78 is 10.8. The highest BCUT2D eigenvalue weighted by Crippen LogP contribution is 2.38. The van der Waals surface area contributed by atoms with Crippen LogP contribution >= 0.6 is 0 Å². The summed E-state index contributed by atoms with van der Waals surface area (Å²) in [7, 11) is 3.64. The van der Waals surface area contributed by atoms with E-state index in [1.807, 2.05) is 14.2 Å². The first-order valence-electron chi connectivity index (χ1n) is 6.68. The Hall–Kier alpha value is -0.0800. The van der Waals surface area contributed by atoms with E-state index in [2.05, 4.69) is 13.8 Å². The molecule has 0 radical (unpaired) electrons. The molecule has 0 amide bonds. The molecule has 0 aliphatic heterocycles. The van der Waals surface area contributed by atoms with Crippen molar-refractivity contribution < 1.29 is 9.47 Å². The first-order chi connectivity index (χ1) is 7.70. The van der Waals surface area contributed by atoms with Crippen molar-refractivity contribution in [3.8, 4) is 0 Å². The lowest BCUT2D eigenvalue weighted by Crippen LogP contribution is -2.32. The zero-order valence-electron chi connectivity index (χ0n) is 11.4. The van der Waals surface area contributed by atoms with Crippen LogP contribution < -0.4 is 0 Å². The van der Waals surface area contributed by atoms with Crippen LogP contribution in [0.5, 0.6) is 0 Å². The number of hydrogen-bond donors (Lipinski definition) is 0. The summed E-state index contributed by atoms with van der Waals surface area (Å²) in [6.07, 6.45) is 5.59. The second kappa shape index (κ2) is 7.29. The van der Waals surface area contributed by atoms with Gasteiger partial charge < -0.3 is 9.47 Å². The topological polar surface area (TPSA) is 18.5 Å². The van der Waals surface area contributed by atoms with Crippen LogP contribution in [0.3, 0.4) is 0 Å². The minimum atomic E-state index is 0.646. The molecule has 2 unspecified atom stereocenters. The predicted octanol–water partition coefficient (Wildman–Crippen LogP) is 3.36. The Kier molecular flexibility index (Phi) is 6.37. The molecule has 0 N–H and O–H groups in total. The number of ether oxygens (including phenoxy) is 2. The zero-order valence-corrected chi connectivity index (χ0v) is 11.4. The van der Waals surface area contributed by atoms with E-state index in [1.165, 1.54) is 25.7 Å². The van der Waals surface area contributed by atoms with Crippen molar-refractivity contribution >= 4 is 0 Å². The lowest BCUT2D eigenvalue weighted by molar-refractivity contribution is 0.0214. The maximum absolute atomic E-state index is 5.44. The van der Waals surface area contributed by atoms with Gasteiger partial charge in [-0.25, -0.2) is 0 Å². The fraction of sp³-hybridized carbons (Fsp3) is 1.00. The summed E-state index contributed by atoms with van der Waals surface area (Å²) in [5.74, 6) is 2.88. The summed E-state index contributed by atoms with van der Waals surface area (Å²) >= 11 is 0. The third kappa shape index (κ3) is 3.74. The van der Waals surface area contributed by atoms with Gasteiger partial charge in [0.2, 0.25) is 0 Å². The Morgan fingerprint density at radius 2 is 1.56 bits per heavy atom. The van der Waals surface area contributed by atoms with E-state index in [-0.39, 0.29) is 0 Å². The number of methoxy groups -OCH3 is 2. The van der Waals surface area contributed by atoms with Gasteiger partial charge in [0.25, 0.3) is 0 Å². The van der Waals surface area contributed by atoms with Gasteiger partial charge in [-0.15, -0.1) is 0 Å². The van der Waals surface area contributed by atoms with E-state index in [4.69, 9.17) is 9.47 Å². The summed E-state index contributed by atoms with van der Waals surface area (Å²) in [5, 5.41) is 0. The second-order valence-corrected chi connectivity index (χ2v) is 5.53. The zero-order chi connectivity index (χ0) is 12.0. The normalized spacial score (nSPS) is 21.6. The molecule has 16 heavy (non-hydrogen) atoms. The highest BCUT2D eigenvalue weighted by molar-refractivity contribution is 4.82. The molecule has 2 nitrogen and oxygen atoms in total. The van der Waals surface area contributed by atoms with Crippen LogP contribution in [-0.2, 0) is 9.47 Å². The maximum Gasteiger partial charge on any atom is 0.0496 e. The van der Waals surface area contributed by atoms with Crippen LogP contribution in [0, 0.1) is 23.7 Å². The Balaban J connectivity index is 2.63. The Labute approximate surface area is 101 Å². The van der Waals surface area contributed by atoms with E-state index < -0.39 is 0 Å². The number of hydrogen-bond acceptors (Lipinski definition) is 2. The Morgan fingerprint density at radius 1 is 1.00 bits per heavy atom. The molecule has 0 bridgehead atoms. The second-order valence-electron chi connectivity index (χ2n) is 5.53. The molecular weight excluding hydrogens is 200 g/mol. The van der Waals surface area contributed by atoms with Crippen LogP contribution in [-0.4, -0.2) is 27.4 Å². The smallest absolute Gasteiger partial charge is 0.0496 e. The molecular formula is C14H28O2. The number of rotatable bonds is 7. The minimum absolute atomic E-state index is 0.646. The molecule has 0 heterocycles. The first-order valence-corrected chi connectivity index (χ1v) is 6.68. The van der Waals surface area contributed by atoms with Crippen molar-refractivity contribution in [1.29, 1.82) is 0 Å². The van der Waals surface area contributed by atoms with E-state index in [0.717, 1.165) is 19.1 Å². The molecule has 0 aromatic heterocycles. The van der Waals surface area contributed by atoms with Gasteiger partial charge >= 0.3 is 0 Å². The highest BCUT2D eigenvalue weighted by Gasteiger charge is 2.33. The molecule has 2 heteroatoms. The fourth-order valence-electron chi connectivity index (χ4n) is 3.19. The van der Waals surface area contributed by atoms with Gasteiger partial charge in [-0.2, -0.15) is 0 Å². The molecule has 1 aliphatic carbocycles. The largest absolute Gasteiger partial charge is 0.384 e. The molecule has 1 rings (SSSR count). The van der Waals surface area contributed by atoms with Gasteiger partial charge in [0, 0.05) is 27.4 Å². The first kappa shape index (κ1) is 14.0. The van der Waals surface area contributed by atoms with Crippen LogP contribution in [0.4, 0.5) is 0 Å². The summed E-state index contributed by atoms with van der Waals surface area (Å²) in [5.41, 5.74) is 0. The van der Waals surface area contributed by atoms with Crippen molar-refractivity contribution in [3.05, 3.63) is 0 Å². The van der Waals surface area contributed by atoms with Gasteiger partial charge in [-0.05, 0) is 23.7 Å². The molecule has 1 aliphatic rings. The summed E-state index contributed by atoms with van der Waals surface area (Å²) in [4.78, 5) is 0. The molecule has 0 saturated heterocycles. The predicted molar refractivity (Wildman–Crippen MR) is 67.5 cm³/mol. The van der Waals surface area contributed by atoms with Gasteiger partial charge in [0.05, 0.1) is 0 Å². The van der Waals surface area contributed by atoms with Crippen LogP contribution in [0.2, 0.25) is 0 Å². The van der Waals surface area contributed by atoms with Crippen molar-refractivity contribution in [2.45, 2.75) is 39.5 Å². The van der Waals surface area contributed by atoms with Crippen LogP contribution in [0.1, 0.15) is 39.5 Å². The molecule has 0 spiro atoms. The molecule has 2 atom stereocenters. The average molecular weight is 228 g/mol.